The predicted octanol–water partition coefficient (Wildman–Crippen LogP) is 0.591. The van der Waals surface area contributed by atoms with Crippen LogP contribution in [0.5, 0.6) is 0 Å². The van der Waals surface area contributed by atoms with E-state index in [0.717, 1.165) is 0 Å². The fourth-order valence-electron chi connectivity index (χ4n) is 0.255. The lowest BCUT2D eigenvalue weighted by Crippen LogP contribution is -2.23. The van der Waals surface area contributed by atoms with Crippen LogP contribution in [0.4, 0.5) is 0 Å². The summed E-state index contributed by atoms with van der Waals surface area (Å²) in [7, 11) is 0. The Hall–Kier alpha value is -0.370. The van der Waals surface area contributed by atoms with Gasteiger partial charge in [0.2, 0.25) is 0 Å². The van der Waals surface area contributed by atoms with Gasteiger partial charge >= 0.3 is 0 Å². The lowest BCUT2D eigenvalue weighted by molar-refractivity contribution is 0.784. The highest BCUT2D eigenvalue weighted by Crippen LogP contribution is 1.86. The SMILES string of the molecule is C=C(N)NC(C)Cl. The van der Waals surface area contributed by atoms with Gasteiger partial charge in [0.25, 0.3) is 0 Å². The van der Waals surface area contributed by atoms with Crippen molar-refractivity contribution in [3.8, 4) is 0 Å². The van der Waals surface area contributed by atoms with E-state index in [1.54, 1.807) is 6.92 Å². The topological polar surface area (TPSA) is 38.0 Å². The van der Waals surface area contributed by atoms with E-state index < -0.39 is 0 Å². The van der Waals surface area contributed by atoms with Crippen LogP contribution in [0.25, 0.3) is 0 Å². The molecule has 0 fully saturated rings. The standard InChI is InChI=1S/C4H9ClN2/c1-3(5)7-4(2)6/h3,7H,2,6H2,1H3. The molecule has 0 saturated carbocycles. The van der Waals surface area contributed by atoms with Crippen molar-refractivity contribution in [2.24, 2.45) is 5.73 Å². The van der Waals surface area contributed by atoms with Crippen molar-refractivity contribution in [3.05, 3.63) is 12.4 Å². The van der Waals surface area contributed by atoms with Gasteiger partial charge in [-0.1, -0.05) is 18.2 Å². The molecule has 3 heteroatoms. The van der Waals surface area contributed by atoms with Crippen LogP contribution < -0.4 is 11.1 Å². The molecule has 0 radical (unpaired) electrons. The van der Waals surface area contributed by atoms with Crippen LogP contribution in [-0.2, 0) is 0 Å². The summed E-state index contributed by atoms with van der Waals surface area (Å²) in [5.41, 5.74) is 4.98. The highest BCUT2D eigenvalue weighted by molar-refractivity contribution is 6.20. The van der Waals surface area contributed by atoms with E-state index >= 15 is 0 Å². The van der Waals surface area contributed by atoms with E-state index in [0.29, 0.717) is 5.82 Å². The molecule has 0 aliphatic heterocycles. The van der Waals surface area contributed by atoms with Gasteiger partial charge in [0, 0.05) is 0 Å². The molecule has 0 aromatic heterocycles. The molecule has 0 spiro atoms. The number of alkyl halides is 1. The van der Waals surface area contributed by atoms with Gasteiger partial charge in [-0.3, -0.25) is 0 Å². The largest absolute Gasteiger partial charge is 0.386 e. The molecule has 1 atom stereocenters. The second-order valence-electron chi connectivity index (χ2n) is 1.29. The van der Waals surface area contributed by atoms with E-state index in [1.807, 2.05) is 0 Å². The first-order chi connectivity index (χ1) is 3.13. The summed E-state index contributed by atoms with van der Waals surface area (Å²) in [6.45, 7) is 5.15. The Balaban J connectivity index is 3.13. The molecule has 0 aliphatic rings. The molecule has 0 aromatic carbocycles. The summed E-state index contributed by atoms with van der Waals surface area (Å²) in [6.07, 6.45) is 0. The lowest BCUT2D eigenvalue weighted by atomic mass is 10.7. The fraction of sp³-hybridized carbons (Fsp3) is 0.500. The van der Waals surface area contributed by atoms with E-state index in [-0.39, 0.29) is 5.50 Å². The highest BCUT2D eigenvalue weighted by Gasteiger charge is 1.88. The van der Waals surface area contributed by atoms with Crippen LogP contribution in [0.15, 0.2) is 12.4 Å². The van der Waals surface area contributed by atoms with Crippen LogP contribution in [0.2, 0.25) is 0 Å². The first kappa shape index (κ1) is 6.63. The van der Waals surface area contributed by atoms with Crippen molar-refractivity contribution in [2.75, 3.05) is 0 Å². The molecular weight excluding hydrogens is 112 g/mol. The number of hydrogen-bond donors (Lipinski definition) is 2. The summed E-state index contributed by atoms with van der Waals surface area (Å²) in [6, 6.07) is 0. The summed E-state index contributed by atoms with van der Waals surface area (Å²) < 4.78 is 0. The maximum Gasteiger partial charge on any atom is 0.0995 e. The van der Waals surface area contributed by atoms with E-state index in [1.165, 1.54) is 0 Å². The summed E-state index contributed by atoms with van der Waals surface area (Å²) >= 11 is 5.42. The minimum absolute atomic E-state index is 0.127. The summed E-state index contributed by atoms with van der Waals surface area (Å²) in [4.78, 5) is 0. The van der Waals surface area contributed by atoms with Crippen LogP contribution in [0.3, 0.4) is 0 Å². The Morgan fingerprint density at radius 2 is 2.43 bits per heavy atom. The third-order valence-electron chi connectivity index (χ3n) is 0.384. The Morgan fingerprint density at radius 3 is 2.43 bits per heavy atom. The molecule has 42 valence electrons. The molecule has 0 amide bonds. The van der Waals surface area contributed by atoms with Crippen molar-refractivity contribution < 1.29 is 0 Å². The Kier molecular flexibility index (Phi) is 2.60. The first-order valence-corrected chi connectivity index (χ1v) is 2.41. The van der Waals surface area contributed by atoms with Crippen molar-refractivity contribution in [1.29, 1.82) is 0 Å². The molecule has 0 heterocycles. The minimum Gasteiger partial charge on any atom is -0.386 e. The van der Waals surface area contributed by atoms with Gasteiger partial charge in [0.1, 0.15) is 0 Å². The van der Waals surface area contributed by atoms with Gasteiger partial charge in [-0.15, -0.1) is 0 Å². The van der Waals surface area contributed by atoms with E-state index in [9.17, 15) is 0 Å². The summed E-state index contributed by atoms with van der Waals surface area (Å²) in [5.74, 6) is 0.405. The molecule has 0 saturated heterocycles. The quantitative estimate of drug-likeness (QED) is 0.414. The summed E-state index contributed by atoms with van der Waals surface area (Å²) in [5, 5.41) is 2.65. The zero-order chi connectivity index (χ0) is 5.86. The Labute approximate surface area is 48.3 Å². The third kappa shape index (κ3) is 5.63. The molecule has 3 N–H and O–H groups in total. The zero-order valence-electron chi connectivity index (χ0n) is 4.24. The van der Waals surface area contributed by atoms with Gasteiger partial charge < -0.3 is 11.1 Å². The van der Waals surface area contributed by atoms with Gasteiger partial charge in [-0.05, 0) is 6.92 Å². The molecule has 0 aromatic rings. The number of hydrogen-bond acceptors (Lipinski definition) is 2. The normalized spacial score (nSPS) is 12.9. The van der Waals surface area contributed by atoms with Crippen LogP contribution >= 0.6 is 11.6 Å². The number of halogens is 1. The van der Waals surface area contributed by atoms with Gasteiger partial charge in [0.05, 0.1) is 11.3 Å². The number of nitrogens with one attached hydrogen (secondary N) is 1. The van der Waals surface area contributed by atoms with Gasteiger partial charge in [-0.2, -0.15) is 0 Å². The molecule has 1 unspecified atom stereocenters. The molecule has 0 rings (SSSR count). The van der Waals surface area contributed by atoms with Crippen molar-refractivity contribution >= 4 is 11.6 Å². The Bertz CT molecular complexity index is 70.1. The zero-order valence-corrected chi connectivity index (χ0v) is 5.00. The third-order valence-corrected chi connectivity index (χ3v) is 0.493. The minimum atomic E-state index is -0.127. The van der Waals surface area contributed by atoms with Crippen LogP contribution in [-0.4, -0.2) is 5.50 Å². The highest BCUT2D eigenvalue weighted by atomic mass is 35.5. The Morgan fingerprint density at radius 1 is 2.00 bits per heavy atom. The average Bonchev–Trinajstić information content (AvgIpc) is 1.27. The van der Waals surface area contributed by atoms with Gasteiger partial charge in [-0.25, -0.2) is 0 Å². The average molecular weight is 121 g/mol. The molecule has 0 aliphatic carbocycles. The number of rotatable bonds is 2. The molecule has 0 bridgehead atoms. The first-order valence-electron chi connectivity index (χ1n) is 1.98. The molecule has 7 heavy (non-hydrogen) atoms. The van der Waals surface area contributed by atoms with E-state index in [2.05, 4.69) is 11.9 Å². The lowest BCUT2D eigenvalue weighted by Gasteiger charge is -2.04. The van der Waals surface area contributed by atoms with Gasteiger partial charge in [0.15, 0.2) is 0 Å². The smallest absolute Gasteiger partial charge is 0.0995 e. The molecular formula is C4H9ClN2. The molecule has 2 nitrogen and oxygen atoms in total. The second kappa shape index (κ2) is 2.75. The van der Waals surface area contributed by atoms with E-state index in [4.69, 9.17) is 17.3 Å². The monoisotopic (exact) mass is 120 g/mol. The number of nitrogens with two attached hydrogens (primary N) is 1. The van der Waals surface area contributed by atoms with Crippen molar-refractivity contribution in [1.82, 2.24) is 5.32 Å². The van der Waals surface area contributed by atoms with Crippen molar-refractivity contribution in [2.45, 2.75) is 12.4 Å². The maximum absolute atomic E-state index is 5.42. The van der Waals surface area contributed by atoms with Crippen molar-refractivity contribution in [3.63, 3.8) is 0 Å². The second-order valence-corrected chi connectivity index (χ2v) is 1.94. The predicted molar refractivity (Wildman–Crippen MR) is 31.8 cm³/mol. The fourth-order valence-corrected chi connectivity index (χ4v) is 0.396. The van der Waals surface area contributed by atoms with Crippen LogP contribution in [0.1, 0.15) is 6.92 Å². The maximum atomic E-state index is 5.42. The van der Waals surface area contributed by atoms with Crippen LogP contribution in [0, 0.1) is 0 Å².